The average Bonchev–Trinajstić information content (AvgIpc) is 3.64. The molecule has 1 radical (unpaired) electrons. The molecule has 3 aromatic heterocycles. The standard InChI is InChI=1S/C32H30NOS.C15H28O2.Ir/c1-18(2)13-24-19(3)34-28-16-26-23-11-12-33-30(31(23)35-29(26)17-25(24)28)21-14-20-9-7-8-10-22(20)27(15-21)32(4,5)6;1-7-14(5,8-2)12(16)11-13(17)15(6,9-3)10-4;/h7-12,15-18H,13H2,1-6H3;11,16H,7-10H2,1-6H3;/q-1;;/b;12-11-;. The minimum absolute atomic E-state index is 0. The zero-order chi connectivity index (χ0) is 38.2. The van der Waals surface area contributed by atoms with E-state index in [4.69, 9.17) is 9.40 Å². The van der Waals surface area contributed by atoms with Crippen LogP contribution in [0.3, 0.4) is 0 Å². The van der Waals surface area contributed by atoms with Crippen molar-refractivity contribution in [3.63, 3.8) is 0 Å². The Morgan fingerprint density at radius 2 is 1.53 bits per heavy atom. The van der Waals surface area contributed by atoms with Gasteiger partial charge in [0, 0.05) is 74.6 Å². The van der Waals surface area contributed by atoms with Gasteiger partial charge in [-0.05, 0) is 73.9 Å². The monoisotopic (exact) mass is 909 g/mol. The number of benzene rings is 3. The van der Waals surface area contributed by atoms with Crippen LogP contribution < -0.4 is 0 Å². The SMILES string of the molecule is CCC(C)(CC)C(=O)/C=C(\O)C(C)(CC)CC.Cc1oc2cc3c(cc2c1CC(C)C)sc1c(-c2[c-]c4ccccc4c(C(C)(C)C)c2)nccc13.[Ir]. The number of ketones is 1. The average molecular weight is 909 g/mol. The number of carbonyl (C=O) groups is 1. The molecule has 0 aliphatic rings. The van der Waals surface area contributed by atoms with Crippen molar-refractivity contribution in [2.24, 2.45) is 16.7 Å². The van der Waals surface area contributed by atoms with E-state index in [2.05, 4.69) is 96.1 Å². The van der Waals surface area contributed by atoms with E-state index in [1.807, 2.05) is 59.1 Å². The van der Waals surface area contributed by atoms with Crippen molar-refractivity contribution >= 4 is 59.0 Å². The molecule has 53 heavy (non-hydrogen) atoms. The molecule has 0 bridgehead atoms. The smallest absolute Gasteiger partial charge is 0.164 e. The minimum atomic E-state index is -0.337. The van der Waals surface area contributed by atoms with Crippen molar-refractivity contribution in [3.8, 4) is 11.3 Å². The summed E-state index contributed by atoms with van der Waals surface area (Å²) in [7, 11) is 0. The van der Waals surface area contributed by atoms with Gasteiger partial charge in [0.25, 0.3) is 0 Å². The van der Waals surface area contributed by atoms with Crippen molar-refractivity contribution in [1.82, 2.24) is 4.98 Å². The normalized spacial score (nSPS) is 12.8. The first-order valence-electron chi connectivity index (χ1n) is 19.1. The number of thiophene rings is 1. The minimum Gasteiger partial charge on any atom is -0.512 e. The van der Waals surface area contributed by atoms with Crippen molar-refractivity contribution in [2.75, 3.05) is 0 Å². The molecule has 0 atom stereocenters. The molecule has 6 rings (SSSR count). The van der Waals surface area contributed by atoms with Crippen LogP contribution in [0, 0.1) is 29.7 Å². The van der Waals surface area contributed by atoms with Crippen LogP contribution in [0.4, 0.5) is 0 Å². The van der Waals surface area contributed by atoms with Gasteiger partial charge in [0.15, 0.2) is 5.78 Å². The summed E-state index contributed by atoms with van der Waals surface area (Å²) in [6, 6.07) is 21.2. The number of hydrogen-bond acceptors (Lipinski definition) is 5. The van der Waals surface area contributed by atoms with E-state index in [1.165, 1.54) is 48.1 Å². The van der Waals surface area contributed by atoms with E-state index in [0.717, 1.165) is 60.1 Å². The number of aliphatic hydroxyl groups excluding tert-OH is 1. The first-order chi connectivity index (χ1) is 24.5. The second-order valence-corrected chi connectivity index (χ2v) is 17.6. The Balaban J connectivity index is 0.000000299. The summed E-state index contributed by atoms with van der Waals surface area (Å²) in [6.07, 6.45) is 7.72. The summed E-state index contributed by atoms with van der Waals surface area (Å²) in [5.41, 5.74) is 5.14. The number of pyridine rings is 1. The number of aryl methyl sites for hydroxylation is 1. The fourth-order valence-corrected chi connectivity index (χ4v) is 8.20. The van der Waals surface area contributed by atoms with Crippen LogP contribution in [0.5, 0.6) is 0 Å². The first-order valence-corrected chi connectivity index (χ1v) is 20.0. The maximum absolute atomic E-state index is 12.2. The zero-order valence-corrected chi connectivity index (χ0v) is 37.1. The molecule has 3 aromatic carbocycles. The van der Waals surface area contributed by atoms with Crippen molar-refractivity contribution in [1.29, 1.82) is 0 Å². The largest absolute Gasteiger partial charge is 0.512 e. The topological polar surface area (TPSA) is 63.3 Å². The molecule has 3 heterocycles. The van der Waals surface area contributed by atoms with E-state index in [1.54, 1.807) is 0 Å². The first kappa shape index (κ1) is 42.4. The number of aliphatic hydroxyl groups is 1. The second-order valence-electron chi connectivity index (χ2n) is 16.5. The van der Waals surface area contributed by atoms with Gasteiger partial charge in [-0.2, -0.15) is 0 Å². The number of carbonyl (C=O) groups excluding carboxylic acids is 1. The Morgan fingerprint density at radius 3 is 2.13 bits per heavy atom. The third-order valence-electron chi connectivity index (χ3n) is 11.6. The quantitative estimate of drug-likeness (QED) is 0.0845. The molecular formula is C47H58IrNO3S-. The van der Waals surface area contributed by atoms with E-state index in [0.29, 0.717) is 5.92 Å². The molecule has 0 aliphatic carbocycles. The molecule has 0 saturated heterocycles. The molecule has 0 aliphatic heterocycles. The van der Waals surface area contributed by atoms with Crippen molar-refractivity contribution < 1.29 is 34.4 Å². The van der Waals surface area contributed by atoms with Crippen LogP contribution in [-0.4, -0.2) is 15.9 Å². The molecule has 6 aromatic rings. The second kappa shape index (κ2) is 16.6. The predicted molar refractivity (Wildman–Crippen MR) is 224 cm³/mol. The van der Waals surface area contributed by atoms with Crippen LogP contribution in [0.1, 0.15) is 119 Å². The third kappa shape index (κ3) is 8.51. The molecule has 0 spiro atoms. The predicted octanol–water partition coefficient (Wildman–Crippen LogP) is 14.3. The zero-order valence-electron chi connectivity index (χ0n) is 33.8. The summed E-state index contributed by atoms with van der Waals surface area (Å²) in [4.78, 5) is 17.1. The summed E-state index contributed by atoms with van der Waals surface area (Å²) in [6.45, 7) is 25.5. The van der Waals surface area contributed by atoms with Gasteiger partial charge >= 0.3 is 0 Å². The van der Waals surface area contributed by atoms with Crippen LogP contribution in [0.2, 0.25) is 0 Å². The Morgan fingerprint density at radius 1 is 0.887 bits per heavy atom. The molecule has 4 nitrogen and oxygen atoms in total. The van der Waals surface area contributed by atoms with Gasteiger partial charge < -0.3 is 9.52 Å². The molecule has 0 saturated carbocycles. The maximum atomic E-state index is 12.2. The summed E-state index contributed by atoms with van der Waals surface area (Å²) < 4.78 is 8.72. The fraction of sp³-hybridized carbons (Fsp3) is 0.447. The van der Waals surface area contributed by atoms with E-state index in [-0.39, 0.29) is 47.9 Å². The van der Waals surface area contributed by atoms with Crippen LogP contribution in [0.25, 0.3) is 53.2 Å². The number of fused-ring (bicyclic) bond motifs is 5. The van der Waals surface area contributed by atoms with Gasteiger partial charge in [0.2, 0.25) is 0 Å². The Kier molecular flexibility index (Phi) is 13.3. The molecular weight excluding hydrogens is 851 g/mol. The molecule has 0 amide bonds. The molecule has 0 fully saturated rings. The number of furan rings is 1. The Hall–Kier alpha value is -3.31. The number of aromatic nitrogens is 1. The molecule has 1 N–H and O–H groups in total. The van der Waals surface area contributed by atoms with Crippen LogP contribution in [-0.2, 0) is 36.7 Å². The van der Waals surface area contributed by atoms with E-state index in [9.17, 15) is 9.90 Å². The number of nitrogens with zero attached hydrogens (tertiary/aromatic N) is 1. The fourth-order valence-electron chi connectivity index (χ4n) is 6.98. The third-order valence-corrected chi connectivity index (χ3v) is 12.7. The van der Waals surface area contributed by atoms with Crippen molar-refractivity contribution in [2.45, 2.75) is 121 Å². The Labute approximate surface area is 334 Å². The van der Waals surface area contributed by atoms with Crippen molar-refractivity contribution in [3.05, 3.63) is 89.5 Å². The van der Waals surface area contributed by atoms with Crippen LogP contribution >= 0.6 is 11.3 Å². The summed E-state index contributed by atoms with van der Waals surface area (Å²) >= 11 is 1.83. The number of rotatable bonds is 10. The summed E-state index contributed by atoms with van der Waals surface area (Å²) in [5.74, 6) is 1.91. The van der Waals surface area contributed by atoms with Gasteiger partial charge in [-0.1, -0.05) is 105 Å². The van der Waals surface area contributed by atoms with Gasteiger partial charge in [0.1, 0.15) is 17.1 Å². The van der Waals surface area contributed by atoms with E-state index < -0.39 is 0 Å². The number of allylic oxidation sites excluding steroid dienone is 2. The van der Waals surface area contributed by atoms with Gasteiger partial charge in [-0.15, -0.1) is 40.5 Å². The van der Waals surface area contributed by atoms with Crippen LogP contribution in [0.15, 0.2) is 71.0 Å². The molecule has 6 heteroatoms. The van der Waals surface area contributed by atoms with Gasteiger partial charge in [0.05, 0.1) is 0 Å². The summed E-state index contributed by atoms with van der Waals surface area (Å²) in [5, 5.41) is 16.3. The number of hydrogen-bond donors (Lipinski definition) is 1. The maximum Gasteiger partial charge on any atom is 0.164 e. The van der Waals surface area contributed by atoms with Gasteiger partial charge in [-0.3, -0.25) is 9.78 Å². The Bertz CT molecular complexity index is 2260. The van der Waals surface area contributed by atoms with Gasteiger partial charge in [-0.25, -0.2) is 0 Å². The molecule has 285 valence electrons. The molecule has 0 unspecified atom stereocenters. The van der Waals surface area contributed by atoms with E-state index >= 15 is 0 Å².